The number of carbonyl (C=O) groups excluding carboxylic acids is 1. The van der Waals surface area contributed by atoms with E-state index < -0.39 is 23.7 Å². The average molecular weight is 287 g/mol. The normalized spacial score (nSPS) is 11.7. The van der Waals surface area contributed by atoms with E-state index in [2.05, 4.69) is 5.32 Å². The molecule has 108 valence electrons. The predicted molar refractivity (Wildman–Crippen MR) is 75.4 cm³/mol. The summed E-state index contributed by atoms with van der Waals surface area (Å²) >= 11 is 0. The second-order valence-electron chi connectivity index (χ2n) is 4.56. The minimum Gasteiger partial charge on any atom is -0.480 e. The summed E-state index contributed by atoms with van der Waals surface area (Å²) < 4.78 is 13.1. The van der Waals surface area contributed by atoms with Crippen LogP contribution in [0.5, 0.6) is 0 Å². The van der Waals surface area contributed by atoms with Crippen LogP contribution in [-0.4, -0.2) is 23.0 Å². The highest BCUT2D eigenvalue weighted by Gasteiger charge is 2.21. The minimum absolute atomic E-state index is 0.0920. The van der Waals surface area contributed by atoms with Crippen molar-refractivity contribution in [3.63, 3.8) is 0 Å². The number of amides is 1. The van der Waals surface area contributed by atoms with Crippen LogP contribution in [0.25, 0.3) is 0 Å². The lowest BCUT2D eigenvalue weighted by Crippen LogP contribution is -2.42. The Labute approximate surface area is 121 Å². The molecule has 0 aromatic heterocycles. The molecule has 0 heterocycles. The molecule has 0 saturated carbocycles. The van der Waals surface area contributed by atoms with Crippen molar-refractivity contribution in [3.8, 4) is 0 Å². The number of rotatable bonds is 5. The fourth-order valence-electron chi connectivity index (χ4n) is 1.92. The van der Waals surface area contributed by atoms with Gasteiger partial charge in [-0.15, -0.1) is 0 Å². The maximum absolute atomic E-state index is 13.1. The number of aliphatic carboxylic acids is 1. The van der Waals surface area contributed by atoms with E-state index in [1.165, 1.54) is 18.2 Å². The molecule has 2 N–H and O–H groups in total. The van der Waals surface area contributed by atoms with Crippen LogP contribution >= 0.6 is 0 Å². The van der Waals surface area contributed by atoms with E-state index in [9.17, 15) is 19.1 Å². The summed E-state index contributed by atoms with van der Waals surface area (Å²) in [5.41, 5.74) is 0.888. The van der Waals surface area contributed by atoms with Gasteiger partial charge in [-0.3, -0.25) is 4.79 Å². The molecule has 2 aromatic rings. The summed E-state index contributed by atoms with van der Waals surface area (Å²) in [6.45, 7) is 0. The zero-order chi connectivity index (χ0) is 15.2. The highest BCUT2D eigenvalue weighted by Crippen LogP contribution is 2.07. The van der Waals surface area contributed by atoms with Gasteiger partial charge in [-0.05, 0) is 23.8 Å². The molecule has 2 rings (SSSR count). The summed E-state index contributed by atoms with van der Waals surface area (Å²) in [5, 5.41) is 11.6. The molecule has 2 aromatic carbocycles. The van der Waals surface area contributed by atoms with Gasteiger partial charge in [-0.2, -0.15) is 0 Å². The minimum atomic E-state index is -1.14. The molecule has 0 unspecified atom stereocenters. The summed E-state index contributed by atoms with van der Waals surface area (Å²) in [5.74, 6) is -2.29. The number of carboxylic acid groups (broad SMARTS) is 1. The van der Waals surface area contributed by atoms with E-state index in [1.807, 2.05) is 6.07 Å². The first-order valence-corrected chi connectivity index (χ1v) is 6.39. The van der Waals surface area contributed by atoms with Crippen LogP contribution in [0.4, 0.5) is 4.39 Å². The number of carboxylic acids is 1. The summed E-state index contributed by atoms with van der Waals surface area (Å²) in [7, 11) is 0. The maximum atomic E-state index is 13.1. The molecule has 1 amide bonds. The van der Waals surface area contributed by atoms with Gasteiger partial charge in [0.25, 0.3) is 5.91 Å². The molecule has 0 spiro atoms. The largest absolute Gasteiger partial charge is 0.480 e. The molecule has 0 radical (unpaired) electrons. The monoisotopic (exact) mass is 287 g/mol. The van der Waals surface area contributed by atoms with Crippen molar-refractivity contribution in [2.24, 2.45) is 0 Å². The predicted octanol–water partition coefficient (Wildman–Crippen LogP) is 2.25. The van der Waals surface area contributed by atoms with E-state index in [-0.39, 0.29) is 12.0 Å². The van der Waals surface area contributed by atoms with Crippen LogP contribution in [0.3, 0.4) is 0 Å². The van der Waals surface area contributed by atoms with E-state index in [1.54, 1.807) is 24.3 Å². The first kappa shape index (κ1) is 14.7. The first-order chi connectivity index (χ1) is 10.1. The average Bonchev–Trinajstić information content (AvgIpc) is 2.47. The number of hydrogen-bond donors (Lipinski definition) is 2. The third-order valence-electron chi connectivity index (χ3n) is 2.97. The van der Waals surface area contributed by atoms with Crippen molar-refractivity contribution in [2.45, 2.75) is 12.5 Å². The second kappa shape index (κ2) is 6.65. The number of hydrogen-bond acceptors (Lipinski definition) is 2. The van der Waals surface area contributed by atoms with Crippen LogP contribution in [0, 0.1) is 5.82 Å². The molecule has 21 heavy (non-hydrogen) atoms. The van der Waals surface area contributed by atoms with Crippen molar-refractivity contribution < 1.29 is 19.1 Å². The lowest BCUT2D eigenvalue weighted by Gasteiger charge is -2.14. The molecule has 0 bridgehead atoms. The Hall–Kier alpha value is -2.69. The van der Waals surface area contributed by atoms with Crippen molar-refractivity contribution in [1.82, 2.24) is 5.32 Å². The fraction of sp³-hybridized carbons (Fsp3) is 0.125. The third-order valence-corrected chi connectivity index (χ3v) is 2.97. The van der Waals surface area contributed by atoms with Gasteiger partial charge in [-0.1, -0.05) is 36.4 Å². The van der Waals surface area contributed by atoms with E-state index >= 15 is 0 Å². The van der Waals surface area contributed by atoms with Gasteiger partial charge in [0.2, 0.25) is 0 Å². The molecule has 0 fully saturated rings. The standard InChI is InChI=1S/C16H14FNO3/c17-13-8-4-7-12(10-13)15(19)18-14(16(20)21)9-11-5-2-1-3-6-11/h1-8,10,14H,9H2,(H,18,19)(H,20,21)/t14-/m1/s1. The van der Waals surface area contributed by atoms with Crippen molar-refractivity contribution >= 4 is 11.9 Å². The quantitative estimate of drug-likeness (QED) is 0.886. The van der Waals surface area contributed by atoms with Crippen molar-refractivity contribution in [3.05, 3.63) is 71.5 Å². The topological polar surface area (TPSA) is 66.4 Å². The highest BCUT2D eigenvalue weighted by molar-refractivity contribution is 5.96. The summed E-state index contributed by atoms with van der Waals surface area (Å²) in [6, 6.07) is 13.0. The lowest BCUT2D eigenvalue weighted by atomic mass is 10.1. The van der Waals surface area contributed by atoms with Crippen LogP contribution in [0.2, 0.25) is 0 Å². The van der Waals surface area contributed by atoms with Gasteiger partial charge in [0.15, 0.2) is 0 Å². The van der Waals surface area contributed by atoms with Crippen LogP contribution < -0.4 is 5.32 Å². The molecule has 5 heteroatoms. The number of carbonyl (C=O) groups is 2. The van der Waals surface area contributed by atoms with Crippen molar-refractivity contribution in [2.75, 3.05) is 0 Å². The maximum Gasteiger partial charge on any atom is 0.326 e. The Morgan fingerprint density at radius 2 is 1.81 bits per heavy atom. The molecule has 0 aliphatic heterocycles. The number of nitrogens with one attached hydrogen (secondary N) is 1. The van der Waals surface area contributed by atoms with Gasteiger partial charge in [0, 0.05) is 12.0 Å². The summed E-state index contributed by atoms with van der Waals surface area (Å²) in [6.07, 6.45) is 0.164. The molecule has 0 aliphatic rings. The van der Waals surface area contributed by atoms with Gasteiger partial charge >= 0.3 is 5.97 Å². The fourth-order valence-corrected chi connectivity index (χ4v) is 1.92. The van der Waals surface area contributed by atoms with Crippen LogP contribution in [0.15, 0.2) is 54.6 Å². The zero-order valence-electron chi connectivity index (χ0n) is 11.1. The van der Waals surface area contributed by atoms with Crippen LogP contribution in [-0.2, 0) is 11.2 Å². The number of halogens is 1. The van der Waals surface area contributed by atoms with E-state index in [0.717, 1.165) is 11.6 Å². The van der Waals surface area contributed by atoms with Gasteiger partial charge in [0.05, 0.1) is 0 Å². The van der Waals surface area contributed by atoms with Gasteiger partial charge in [-0.25, -0.2) is 9.18 Å². The Morgan fingerprint density at radius 3 is 2.43 bits per heavy atom. The number of benzene rings is 2. The Morgan fingerprint density at radius 1 is 1.10 bits per heavy atom. The summed E-state index contributed by atoms with van der Waals surface area (Å²) in [4.78, 5) is 23.2. The molecular formula is C16H14FNO3. The molecule has 1 atom stereocenters. The van der Waals surface area contributed by atoms with E-state index in [0.29, 0.717) is 0 Å². The molecule has 0 saturated heterocycles. The Bertz CT molecular complexity index is 643. The Balaban J connectivity index is 2.10. The Kier molecular flexibility index (Phi) is 4.66. The second-order valence-corrected chi connectivity index (χ2v) is 4.56. The van der Waals surface area contributed by atoms with Gasteiger partial charge < -0.3 is 10.4 Å². The third kappa shape index (κ3) is 4.14. The highest BCUT2D eigenvalue weighted by atomic mass is 19.1. The lowest BCUT2D eigenvalue weighted by molar-refractivity contribution is -0.139. The van der Waals surface area contributed by atoms with E-state index in [4.69, 9.17) is 0 Å². The van der Waals surface area contributed by atoms with Crippen molar-refractivity contribution in [1.29, 1.82) is 0 Å². The molecule has 0 aliphatic carbocycles. The zero-order valence-corrected chi connectivity index (χ0v) is 11.1. The molecular weight excluding hydrogens is 273 g/mol. The SMILES string of the molecule is O=C(N[C@H](Cc1ccccc1)C(=O)O)c1cccc(F)c1. The van der Waals surface area contributed by atoms with Gasteiger partial charge in [0.1, 0.15) is 11.9 Å². The van der Waals surface area contributed by atoms with Crippen LogP contribution in [0.1, 0.15) is 15.9 Å². The first-order valence-electron chi connectivity index (χ1n) is 6.39. The smallest absolute Gasteiger partial charge is 0.326 e. The molecule has 4 nitrogen and oxygen atoms in total.